The molecule has 9 nitrogen and oxygen atoms in total. The molecule has 1 aliphatic heterocycles. The van der Waals surface area contributed by atoms with Gasteiger partial charge in [-0.3, -0.25) is 24.6 Å². The lowest BCUT2D eigenvalue weighted by atomic mass is 10.1. The molecule has 0 radical (unpaired) electrons. The molecule has 0 spiro atoms. The number of ether oxygens (including phenoxy) is 1. The average Bonchev–Trinajstić information content (AvgIpc) is 2.82. The molecule has 3 N–H and O–H groups in total. The molecule has 0 bridgehead atoms. The van der Waals surface area contributed by atoms with Gasteiger partial charge in [-0.05, 0) is 25.0 Å². The summed E-state index contributed by atoms with van der Waals surface area (Å²) in [6.45, 7) is 4.53. The number of carbonyl (C=O) groups is 5. The monoisotopic (exact) mass is 361 g/mol. The van der Waals surface area contributed by atoms with Crippen LogP contribution in [0.3, 0.4) is 0 Å². The highest BCUT2D eigenvalue weighted by Crippen LogP contribution is 2.25. The van der Waals surface area contributed by atoms with Gasteiger partial charge in [0.2, 0.25) is 0 Å². The van der Waals surface area contributed by atoms with E-state index in [-0.39, 0.29) is 11.1 Å². The van der Waals surface area contributed by atoms with E-state index < -0.39 is 47.8 Å². The van der Waals surface area contributed by atoms with Crippen LogP contribution in [0.25, 0.3) is 0 Å². The fourth-order valence-electron chi connectivity index (χ4n) is 2.57. The van der Waals surface area contributed by atoms with Crippen molar-refractivity contribution in [1.82, 2.24) is 10.2 Å². The van der Waals surface area contributed by atoms with Crippen LogP contribution < -0.4 is 11.1 Å². The Labute approximate surface area is 149 Å². The summed E-state index contributed by atoms with van der Waals surface area (Å²) in [5, 5.41) is 1.84. The van der Waals surface area contributed by atoms with Crippen molar-refractivity contribution in [3.05, 3.63) is 35.4 Å². The minimum atomic E-state index is -1.30. The predicted molar refractivity (Wildman–Crippen MR) is 88.8 cm³/mol. The fraction of sp³-hybridized carbons (Fsp3) is 0.353. The Bertz CT molecular complexity index is 753. The lowest BCUT2D eigenvalue weighted by Crippen LogP contribution is -2.49. The highest BCUT2D eigenvalue weighted by atomic mass is 16.6. The molecule has 26 heavy (non-hydrogen) atoms. The van der Waals surface area contributed by atoms with Crippen LogP contribution in [0.5, 0.6) is 0 Å². The third kappa shape index (κ3) is 3.56. The van der Waals surface area contributed by atoms with Crippen molar-refractivity contribution in [1.29, 1.82) is 0 Å². The summed E-state index contributed by atoms with van der Waals surface area (Å²) in [7, 11) is 0. The van der Waals surface area contributed by atoms with Gasteiger partial charge in [-0.15, -0.1) is 0 Å². The number of nitrogens with two attached hydrogens (primary N) is 1. The van der Waals surface area contributed by atoms with Gasteiger partial charge in [0.05, 0.1) is 11.1 Å². The molecule has 9 heteroatoms. The first-order chi connectivity index (χ1) is 12.1. The van der Waals surface area contributed by atoms with Gasteiger partial charge < -0.3 is 10.5 Å². The SMILES string of the molecule is CC(C)[C@H](OC(=O)[C@H](C)N1C(=O)c2ccccc2C1=O)C(=O)NC(N)=O. The maximum absolute atomic E-state index is 12.4. The average molecular weight is 361 g/mol. The summed E-state index contributed by atoms with van der Waals surface area (Å²) in [6, 6.07) is 3.88. The Balaban J connectivity index is 2.17. The number of nitrogens with zero attached hydrogens (tertiary/aromatic N) is 1. The number of primary amides is 1. The van der Waals surface area contributed by atoms with E-state index in [4.69, 9.17) is 10.5 Å². The summed E-state index contributed by atoms with van der Waals surface area (Å²) < 4.78 is 5.14. The fourth-order valence-corrected chi connectivity index (χ4v) is 2.57. The third-order valence-electron chi connectivity index (χ3n) is 3.91. The molecule has 1 heterocycles. The van der Waals surface area contributed by atoms with Gasteiger partial charge in [0.25, 0.3) is 17.7 Å². The third-order valence-corrected chi connectivity index (χ3v) is 3.91. The first kappa shape index (κ1) is 19.1. The van der Waals surface area contributed by atoms with E-state index in [2.05, 4.69) is 0 Å². The first-order valence-electron chi connectivity index (χ1n) is 7.92. The molecule has 0 unspecified atom stereocenters. The van der Waals surface area contributed by atoms with Gasteiger partial charge in [0, 0.05) is 0 Å². The van der Waals surface area contributed by atoms with Crippen LogP contribution in [0, 0.1) is 5.92 Å². The zero-order valence-corrected chi connectivity index (χ0v) is 14.5. The maximum atomic E-state index is 12.4. The Morgan fingerprint density at radius 2 is 1.54 bits per heavy atom. The number of benzene rings is 1. The zero-order valence-electron chi connectivity index (χ0n) is 14.5. The number of hydrogen-bond acceptors (Lipinski definition) is 6. The van der Waals surface area contributed by atoms with Gasteiger partial charge in [-0.2, -0.15) is 0 Å². The molecular weight excluding hydrogens is 342 g/mol. The van der Waals surface area contributed by atoms with Crippen LogP contribution in [0.4, 0.5) is 4.79 Å². The standard InChI is InChI=1S/C17H19N3O6/c1-8(2)12(13(21)19-17(18)25)26-16(24)9(3)20-14(22)10-6-4-5-7-11(10)15(20)23/h4-9,12H,1-3H3,(H3,18,19,21,25)/t9-,12-/m0/s1. The van der Waals surface area contributed by atoms with Gasteiger partial charge in [-0.25, -0.2) is 9.59 Å². The molecule has 2 atom stereocenters. The molecule has 5 amide bonds. The number of amides is 5. The van der Waals surface area contributed by atoms with E-state index in [9.17, 15) is 24.0 Å². The lowest BCUT2D eigenvalue weighted by molar-refractivity contribution is -0.161. The molecule has 0 aliphatic carbocycles. The molecular formula is C17H19N3O6. The zero-order chi connectivity index (χ0) is 19.6. The normalized spacial score (nSPS) is 15.5. The summed E-state index contributed by atoms with van der Waals surface area (Å²) >= 11 is 0. The number of imide groups is 2. The predicted octanol–water partition coefficient (Wildman–Crippen LogP) is 0.434. The molecule has 138 valence electrons. The maximum Gasteiger partial charge on any atom is 0.329 e. The van der Waals surface area contributed by atoms with Crippen molar-refractivity contribution in [2.45, 2.75) is 32.9 Å². The van der Waals surface area contributed by atoms with Crippen LogP contribution >= 0.6 is 0 Å². The summed E-state index contributed by atoms with van der Waals surface area (Å²) in [4.78, 5) is 60.8. The number of nitrogens with one attached hydrogen (secondary N) is 1. The molecule has 0 saturated carbocycles. The highest BCUT2D eigenvalue weighted by molar-refractivity contribution is 6.22. The smallest absolute Gasteiger partial charge is 0.329 e. The van der Waals surface area contributed by atoms with Gasteiger partial charge in [0.15, 0.2) is 6.10 Å². The van der Waals surface area contributed by atoms with Crippen molar-refractivity contribution < 1.29 is 28.7 Å². The van der Waals surface area contributed by atoms with Gasteiger partial charge >= 0.3 is 12.0 Å². The van der Waals surface area contributed by atoms with Crippen LogP contribution in [0.1, 0.15) is 41.5 Å². The van der Waals surface area contributed by atoms with E-state index in [0.29, 0.717) is 0 Å². The number of hydrogen-bond donors (Lipinski definition) is 2. The van der Waals surface area contributed by atoms with Gasteiger partial charge in [0.1, 0.15) is 6.04 Å². The number of esters is 1. The van der Waals surface area contributed by atoms with E-state index >= 15 is 0 Å². The molecule has 1 aliphatic rings. The van der Waals surface area contributed by atoms with E-state index in [1.54, 1.807) is 26.0 Å². The second kappa shape index (κ2) is 7.34. The van der Waals surface area contributed by atoms with E-state index in [0.717, 1.165) is 4.90 Å². The largest absolute Gasteiger partial charge is 0.450 e. The first-order valence-corrected chi connectivity index (χ1v) is 7.92. The topological polar surface area (TPSA) is 136 Å². The quantitative estimate of drug-likeness (QED) is 0.577. The van der Waals surface area contributed by atoms with Crippen LogP contribution in [0.15, 0.2) is 24.3 Å². The Kier molecular flexibility index (Phi) is 5.39. The number of fused-ring (bicyclic) bond motifs is 1. The molecule has 1 aromatic carbocycles. The minimum Gasteiger partial charge on any atom is -0.450 e. The van der Waals surface area contributed by atoms with Crippen LogP contribution in [0.2, 0.25) is 0 Å². The molecule has 2 rings (SSSR count). The van der Waals surface area contributed by atoms with Crippen molar-refractivity contribution in [2.75, 3.05) is 0 Å². The summed E-state index contributed by atoms with van der Waals surface area (Å²) in [5.74, 6) is -3.52. The Hall–Kier alpha value is -3.23. The second-order valence-corrected chi connectivity index (χ2v) is 6.16. The minimum absolute atomic E-state index is 0.198. The molecule has 0 fully saturated rings. The molecule has 0 saturated heterocycles. The van der Waals surface area contributed by atoms with Crippen molar-refractivity contribution in [3.8, 4) is 0 Å². The van der Waals surface area contributed by atoms with Crippen molar-refractivity contribution in [2.24, 2.45) is 11.7 Å². The van der Waals surface area contributed by atoms with Crippen molar-refractivity contribution >= 4 is 29.7 Å². The van der Waals surface area contributed by atoms with E-state index in [1.807, 2.05) is 5.32 Å². The van der Waals surface area contributed by atoms with Crippen LogP contribution in [-0.4, -0.2) is 46.8 Å². The Morgan fingerprint density at radius 1 is 1.04 bits per heavy atom. The molecule has 0 aromatic heterocycles. The number of carbonyl (C=O) groups excluding carboxylic acids is 5. The van der Waals surface area contributed by atoms with Crippen LogP contribution in [-0.2, 0) is 14.3 Å². The van der Waals surface area contributed by atoms with Gasteiger partial charge in [-0.1, -0.05) is 26.0 Å². The molecule has 1 aromatic rings. The number of urea groups is 1. The van der Waals surface area contributed by atoms with Crippen molar-refractivity contribution in [3.63, 3.8) is 0 Å². The summed E-state index contributed by atoms with van der Waals surface area (Å²) in [6.07, 6.45) is -1.30. The second-order valence-electron chi connectivity index (χ2n) is 6.16. The lowest BCUT2D eigenvalue weighted by Gasteiger charge is -2.25. The Morgan fingerprint density at radius 3 is 1.96 bits per heavy atom. The van der Waals surface area contributed by atoms with E-state index in [1.165, 1.54) is 19.1 Å². The number of rotatable bonds is 5. The highest BCUT2D eigenvalue weighted by Gasteiger charge is 2.42. The summed E-state index contributed by atoms with van der Waals surface area (Å²) in [5.41, 5.74) is 5.29.